The number of amides is 3. The summed E-state index contributed by atoms with van der Waals surface area (Å²) in [6.07, 6.45) is 0. The Morgan fingerprint density at radius 2 is 1.92 bits per heavy atom. The van der Waals surface area contributed by atoms with Crippen molar-refractivity contribution in [3.8, 4) is 0 Å². The lowest BCUT2D eigenvalue weighted by Crippen LogP contribution is -2.40. The van der Waals surface area contributed by atoms with E-state index in [1.807, 2.05) is 19.2 Å². The summed E-state index contributed by atoms with van der Waals surface area (Å²) in [7, 11) is 0. The van der Waals surface area contributed by atoms with Gasteiger partial charge in [-0.3, -0.25) is 14.4 Å². The van der Waals surface area contributed by atoms with Gasteiger partial charge in [-0.1, -0.05) is 6.07 Å². The van der Waals surface area contributed by atoms with Crippen LogP contribution >= 0.6 is 22.7 Å². The van der Waals surface area contributed by atoms with Crippen LogP contribution in [0.2, 0.25) is 0 Å². The van der Waals surface area contributed by atoms with Gasteiger partial charge in [-0.15, -0.1) is 22.7 Å². The molecule has 0 aliphatic heterocycles. The smallest absolute Gasteiger partial charge is 0.266 e. The maximum Gasteiger partial charge on any atom is 0.266 e. The molecule has 0 fully saturated rings. The van der Waals surface area contributed by atoms with Crippen LogP contribution in [0.1, 0.15) is 33.9 Å². The zero-order valence-electron chi connectivity index (χ0n) is 13.5. The van der Waals surface area contributed by atoms with Crippen LogP contribution in [-0.4, -0.2) is 42.3 Å². The second-order valence-electron chi connectivity index (χ2n) is 4.87. The van der Waals surface area contributed by atoms with Crippen LogP contribution < -0.4 is 10.6 Å². The Hall–Kier alpha value is -2.19. The van der Waals surface area contributed by atoms with Gasteiger partial charge in [-0.2, -0.15) is 0 Å². The van der Waals surface area contributed by atoms with Gasteiger partial charge in [-0.05, 0) is 36.7 Å². The highest BCUT2D eigenvalue weighted by Gasteiger charge is 2.22. The molecule has 2 N–H and O–H groups in total. The highest BCUT2D eigenvalue weighted by Crippen LogP contribution is 2.26. The molecule has 0 spiro atoms. The number of likely N-dealkylation sites (N-methyl/N-ethyl adjacent to an activating group) is 2. The molecule has 0 aliphatic carbocycles. The lowest BCUT2D eigenvalue weighted by atomic mass is 10.2. The van der Waals surface area contributed by atoms with Gasteiger partial charge in [0.1, 0.15) is 5.00 Å². The summed E-state index contributed by atoms with van der Waals surface area (Å²) < 4.78 is 0. The average Bonchev–Trinajstić information content (AvgIpc) is 3.23. The molecule has 6 nitrogen and oxygen atoms in total. The van der Waals surface area contributed by atoms with Crippen LogP contribution in [0, 0.1) is 0 Å². The lowest BCUT2D eigenvalue weighted by molar-refractivity contribution is -0.121. The van der Waals surface area contributed by atoms with E-state index in [1.54, 1.807) is 23.6 Å². The van der Waals surface area contributed by atoms with Crippen LogP contribution in [-0.2, 0) is 4.79 Å². The summed E-state index contributed by atoms with van der Waals surface area (Å²) in [5, 5.41) is 9.51. The third kappa shape index (κ3) is 4.42. The molecule has 2 aromatic rings. The molecule has 2 rings (SSSR count). The zero-order chi connectivity index (χ0) is 17.5. The van der Waals surface area contributed by atoms with E-state index in [2.05, 4.69) is 10.6 Å². The van der Waals surface area contributed by atoms with Crippen molar-refractivity contribution in [2.45, 2.75) is 13.8 Å². The number of nitrogens with one attached hydrogen (secondary N) is 2. The molecule has 24 heavy (non-hydrogen) atoms. The molecule has 0 radical (unpaired) electrons. The standard InChI is InChI=1S/C16H19N3O3S2/c1-3-17-13(20)10-19(4-2)16(22)11-7-9-24-15(11)18-14(21)12-6-5-8-23-12/h5-9H,3-4,10H2,1-2H3,(H,17,20)(H,18,21). The predicted octanol–water partition coefficient (Wildman–Crippen LogP) is 2.66. The van der Waals surface area contributed by atoms with Crippen molar-refractivity contribution in [1.82, 2.24) is 10.2 Å². The van der Waals surface area contributed by atoms with E-state index in [0.29, 0.717) is 28.5 Å². The summed E-state index contributed by atoms with van der Waals surface area (Å²) in [6.45, 7) is 4.56. The second-order valence-corrected chi connectivity index (χ2v) is 6.73. The van der Waals surface area contributed by atoms with E-state index in [9.17, 15) is 14.4 Å². The molecule has 0 unspecified atom stereocenters. The number of rotatable bonds is 7. The van der Waals surface area contributed by atoms with E-state index in [1.165, 1.54) is 27.6 Å². The molecule has 2 heterocycles. The minimum atomic E-state index is -0.272. The largest absolute Gasteiger partial charge is 0.355 e. The van der Waals surface area contributed by atoms with Crippen molar-refractivity contribution >= 4 is 45.4 Å². The van der Waals surface area contributed by atoms with Gasteiger partial charge < -0.3 is 15.5 Å². The van der Waals surface area contributed by atoms with Crippen LogP contribution in [0.5, 0.6) is 0 Å². The molecule has 0 bridgehead atoms. The summed E-state index contributed by atoms with van der Waals surface area (Å²) in [6, 6.07) is 5.19. The van der Waals surface area contributed by atoms with Crippen molar-refractivity contribution in [2.75, 3.05) is 25.0 Å². The van der Waals surface area contributed by atoms with Gasteiger partial charge in [0.25, 0.3) is 11.8 Å². The Morgan fingerprint density at radius 1 is 1.12 bits per heavy atom. The first kappa shape index (κ1) is 18.2. The van der Waals surface area contributed by atoms with Gasteiger partial charge in [-0.25, -0.2) is 0 Å². The number of hydrogen-bond acceptors (Lipinski definition) is 5. The maximum atomic E-state index is 12.7. The fourth-order valence-corrected chi connectivity index (χ4v) is 3.46. The van der Waals surface area contributed by atoms with Crippen molar-refractivity contribution < 1.29 is 14.4 Å². The number of hydrogen-bond donors (Lipinski definition) is 2. The molecule has 0 aromatic carbocycles. The molecule has 2 aromatic heterocycles. The second kappa shape index (κ2) is 8.60. The number of carbonyl (C=O) groups is 3. The molecular weight excluding hydrogens is 346 g/mol. The Balaban J connectivity index is 2.11. The van der Waals surface area contributed by atoms with Crippen LogP contribution in [0.25, 0.3) is 0 Å². The minimum absolute atomic E-state index is 0.00265. The summed E-state index contributed by atoms with van der Waals surface area (Å²) in [5.41, 5.74) is 0.399. The van der Waals surface area contributed by atoms with E-state index < -0.39 is 0 Å². The summed E-state index contributed by atoms with van der Waals surface area (Å²) in [4.78, 5) is 38.6. The fraction of sp³-hybridized carbons (Fsp3) is 0.312. The normalized spacial score (nSPS) is 10.2. The number of carbonyl (C=O) groups excluding carboxylic acids is 3. The molecule has 3 amide bonds. The Kier molecular flexibility index (Phi) is 6.51. The summed E-state index contributed by atoms with van der Waals surface area (Å²) >= 11 is 2.62. The lowest BCUT2D eigenvalue weighted by Gasteiger charge is -2.20. The highest BCUT2D eigenvalue weighted by atomic mass is 32.1. The Bertz CT molecular complexity index is 710. The molecule has 0 saturated carbocycles. The molecular formula is C16H19N3O3S2. The SMILES string of the molecule is CCNC(=O)CN(CC)C(=O)c1ccsc1NC(=O)c1cccs1. The van der Waals surface area contributed by atoms with Crippen molar-refractivity contribution in [3.63, 3.8) is 0 Å². The first-order chi connectivity index (χ1) is 11.6. The topological polar surface area (TPSA) is 78.5 Å². The van der Waals surface area contributed by atoms with Crippen molar-refractivity contribution in [3.05, 3.63) is 39.4 Å². The minimum Gasteiger partial charge on any atom is -0.355 e. The third-order valence-corrected chi connectivity index (χ3v) is 4.94. The van der Waals surface area contributed by atoms with Crippen LogP contribution in [0.3, 0.4) is 0 Å². The first-order valence-corrected chi connectivity index (χ1v) is 9.31. The maximum absolute atomic E-state index is 12.7. The van der Waals surface area contributed by atoms with E-state index in [0.717, 1.165) is 0 Å². The Morgan fingerprint density at radius 3 is 2.54 bits per heavy atom. The van der Waals surface area contributed by atoms with Crippen LogP contribution in [0.4, 0.5) is 5.00 Å². The van der Waals surface area contributed by atoms with E-state index in [-0.39, 0.29) is 24.3 Å². The third-order valence-electron chi connectivity index (χ3n) is 3.25. The fourth-order valence-electron chi connectivity index (χ4n) is 2.07. The van der Waals surface area contributed by atoms with Gasteiger partial charge in [0.05, 0.1) is 17.0 Å². The van der Waals surface area contributed by atoms with Crippen molar-refractivity contribution in [2.24, 2.45) is 0 Å². The average molecular weight is 365 g/mol. The molecule has 0 atom stereocenters. The van der Waals surface area contributed by atoms with Crippen LogP contribution in [0.15, 0.2) is 29.0 Å². The number of thiophene rings is 2. The molecule has 128 valence electrons. The Labute approximate surface area is 148 Å². The molecule has 0 aliphatic rings. The number of anilines is 1. The van der Waals surface area contributed by atoms with Gasteiger partial charge >= 0.3 is 0 Å². The highest BCUT2D eigenvalue weighted by molar-refractivity contribution is 7.15. The zero-order valence-corrected chi connectivity index (χ0v) is 15.1. The van der Waals surface area contributed by atoms with E-state index in [4.69, 9.17) is 0 Å². The monoisotopic (exact) mass is 365 g/mol. The first-order valence-electron chi connectivity index (χ1n) is 7.55. The van der Waals surface area contributed by atoms with Crippen molar-refractivity contribution in [1.29, 1.82) is 0 Å². The van der Waals surface area contributed by atoms with E-state index >= 15 is 0 Å². The van der Waals surface area contributed by atoms with Gasteiger partial charge in [0.2, 0.25) is 5.91 Å². The summed E-state index contributed by atoms with van der Waals surface area (Å²) in [5.74, 6) is -0.716. The quantitative estimate of drug-likeness (QED) is 0.792. The van der Waals surface area contributed by atoms with Gasteiger partial charge in [0, 0.05) is 13.1 Å². The molecule has 8 heteroatoms. The number of nitrogens with zero attached hydrogens (tertiary/aromatic N) is 1. The predicted molar refractivity (Wildman–Crippen MR) is 96.9 cm³/mol. The molecule has 0 saturated heterocycles. The van der Waals surface area contributed by atoms with Gasteiger partial charge in [0.15, 0.2) is 0 Å².